The Morgan fingerprint density at radius 1 is 1.07 bits per heavy atom. The van der Waals surface area contributed by atoms with Crippen LogP contribution in [0.4, 0.5) is 0 Å². The lowest BCUT2D eigenvalue weighted by Gasteiger charge is -2.32. The largest absolute Gasteiger partial charge is 0.474 e. The van der Waals surface area contributed by atoms with Crippen LogP contribution >= 0.6 is 11.3 Å². The minimum atomic E-state index is 0.266. The molecule has 0 bridgehead atoms. The minimum absolute atomic E-state index is 0.266. The summed E-state index contributed by atoms with van der Waals surface area (Å²) in [6.07, 6.45) is 15.3. The van der Waals surface area contributed by atoms with Gasteiger partial charge in [-0.15, -0.1) is 11.3 Å². The number of rotatable bonds is 5. The van der Waals surface area contributed by atoms with Crippen molar-refractivity contribution in [2.24, 2.45) is 11.8 Å². The smallest absolute Gasteiger partial charge is 0.225 e. The Labute approximate surface area is 171 Å². The molecule has 5 heteroatoms. The molecule has 2 aromatic heterocycles. The molecule has 1 atom stereocenters. The molecule has 150 valence electrons. The number of fused-ring (bicyclic) bond motifs is 3. The van der Waals surface area contributed by atoms with E-state index in [2.05, 4.69) is 9.97 Å². The van der Waals surface area contributed by atoms with Crippen LogP contribution in [-0.4, -0.2) is 21.9 Å². The lowest BCUT2D eigenvalue weighted by Crippen LogP contribution is -2.27. The fourth-order valence-corrected chi connectivity index (χ4v) is 7.18. The molecule has 2 heterocycles. The summed E-state index contributed by atoms with van der Waals surface area (Å²) in [6, 6.07) is 0. The van der Waals surface area contributed by atoms with E-state index >= 15 is 0 Å². The molecule has 0 saturated heterocycles. The van der Waals surface area contributed by atoms with Crippen molar-refractivity contribution in [2.45, 2.75) is 89.6 Å². The number of carbonyl (C=O) groups excluding carboxylic acids is 1. The van der Waals surface area contributed by atoms with E-state index in [1.54, 1.807) is 24.6 Å². The average molecular weight is 399 g/mol. The van der Waals surface area contributed by atoms with Crippen LogP contribution in [0.2, 0.25) is 0 Å². The van der Waals surface area contributed by atoms with Crippen molar-refractivity contribution in [3.8, 4) is 5.88 Å². The van der Waals surface area contributed by atoms with E-state index in [0.29, 0.717) is 12.3 Å². The highest BCUT2D eigenvalue weighted by molar-refractivity contribution is 7.19. The van der Waals surface area contributed by atoms with Gasteiger partial charge in [0, 0.05) is 11.3 Å². The Hall–Kier alpha value is -1.49. The number of aryl methyl sites for hydroxylation is 1. The Morgan fingerprint density at radius 3 is 2.57 bits per heavy atom. The van der Waals surface area contributed by atoms with Gasteiger partial charge < -0.3 is 9.53 Å². The predicted octanol–water partition coefficient (Wildman–Crippen LogP) is 5.83. The number of thiophene rings is 1. The Bertz CT molecular complexity index is 863. The third-order valence-electron chi connectivity index (χ3n) is 7.29. The highest BCUT2D eigenvalue weighted by atomic mass is 32.1. The summed E-state index contributed by atoms with van der Waals surface area (Å²) < 4.78 is 6.49. The quantitative estimate of drug-likeness (QED) is 0.636. The molecule has 0 aromatic carbocycles. The molecule has 0 spiro atoms. The molecule has 0 aliphatic heterocycles. The standard InChI is InChI=1S/C23H30N2O2S/c1-14(26)12-17-8-11-19-20(17)21-22(24-13-25-23(21)28-19)27-18-9-6-16(7-10-18)15-4-2-3-5-15/h13,15-18H,2-12H2,1H3/t16?,17-,18?/m1/s1. The minimum Gasteiger partial charge on any atom is -0.474 e. The van der Waals surface area contributed by atoms with Gasteiger partial charge in [0.2, 0.25) is 5.88 Å². The predicted molar refractivity (Wildman–Crippen MR) is 112 cm³/mol. The van der Waals surface area contributed by atoms with Gasteiger partial charge >= 0.3 is 0 Å². The molecule has 2 aromatic rings. The van der Waals surface area contributed by atoms with E-state index in [4.69, 9.17) is 4.74 Å². The fourth-order valence-electron chi connectivity index (χ4n) is 5.95. The zero-order valence-electron chi connectivity index (χ0n) is 16.8. The first-order chi connectivity index (χ1) is 13.7. The second-order valence-corrected chi connectivity index (χ2v) is 10.2. The molecule has 0 unspecified atom stereocenters. The summed E-state index contributed by atoms with van der Waals surface area (Å²) in [4.78, 5) is 23.2. The summed E-state index contributed by atoms with van der Waals surface area (Å²) >= 11 is 1.77. The van der Waals surface area contributed by atoms with Crippen molar-refractivity contribution in [1.29, 1.82) is 0 Å². The van der Waals surface area contributed by atoms with Gasteiger partial charge in [-0.05, 0) is 68.8 Å². The van der Waals surface area contributed by atoms with Crippen LogP contribution in [-0.2, 0) is 11.2 Å². The Kier molecular flexibility index (Phi) is 5.12. The molecule has 0 amide bonds. The first kappa shape index (κ1) is 18.5. The van der Waals surface area contributed by atoms with Gasteiger partial charge in [0.25, 0.3) is 0 Å². The van der Waals surface area contributed by atoms with Gasteiger partial charge in [-0.2, -0.15) is 0 Å². The summed E-state index contributed by atoms with van der Waals surface area (Å²) in [5.41, 5.74) is 1.31. The lowest BCUT2D eigenvalue weighted by atomic mass is 9.78. The molecule has 3 aliphatic rings. The van der Waals surface area contributed by atoms with Crippen molar-refractivity contribution < 1.29 is 9.53 Å². The number of carbonyl (C=O) groups is 1. The van der Waals surface area contributed by atoms with Gasteiger partial charge in [-0.25, -0.2) is 9.97 Å². The third kappa shape index (κ3) is 3.47. The highest BCUT2D eigenvalue weighted by Gasteiger charge is 2.33. The fraction of sp³-hybridized carbons (Fsp3) is 0.696. The van der Waals surface area contributed by atoms with Crippen molar-refractivity contribution in [2.75, 3.05) is 0 Å². The summed E-state index contributed by atoms with van der Waals surface area (Å²) in [7, 11) is 0. The molecule has 28 heavy (non-hydrogen) atoms. The Morgan fingerprint density at radius 2 is 1.82 bits per heavy atom. The monoisotopic (exact) mass is 398 g/mol. The normalized spacial score (nSPS) is 28.0. The maximum absolute atomic E-state index is 11.7. The summed E-state index contributed by atoms with van der Waals surface area (Å²) in [5.74, 6) is 3.23. The van der Waals surface area contributed by atoms with E-state index in [0.717, 1.165) is 53.6 Å². The maximum atomic E-state index is 11.7. The molecule has 0 N–H and O–H groups in total. The van der Waals surface area contributed by atoms with Gasteiger partial charge in [0.15, 0.2) is 0 Å². The van der Waals surface area contributed by atoms with Gasteiger partial charge in [0.1, 0.15) is 23.0 Å². The van der Waals surface area contributed by atoms with Crippen LogP contribution in [0.1, 0.15) is 87.5 Å². The van der Waals surface area contributed by atoms with Crippen LogP contribution in [0.25, 0.3) is 10.2 Å². The first-order valence-corrected chi connectivity index (χ1v) is 11.9. The van der Waals surface area contributed by atoms with Crippen LogP contribution in [0.15, 0.2) is 6.33 Å². The van der Waals surface area contributed by atoms with Crippen molar-refractivity contribution in [3.05, 3.63) is 16.8 Å². The number of hydrogen-bond acceptors (Lipinski definition) is 5. The molecule has 0 radical (unpaired) electrons. The van der Waals surface area contributed by atoms with Crippen molar-refractivity contribution >= 4 is 27.3 Å². The SMILES string of the molecule is CC(=O)C[C@H]1CCc2sc3ncnc(OC4CCC(C5CCCC5)CC4)c3c21. The first-order valence-electron chi connectivity index (χ1n) is 11.1. The van der Waals surface area contributed by atoms with E-state index in [9.17, 15) is 4.79 Å². The van der Waals surface area contributed by atoms with Crippen molar-refractivity contribution in [3.63, 3.8) is 0 Å². The second-order valence-electron chi connectivity index (χ2n) is 9.14. The molecular formula is C23H30N2O2S. The Balaban J connectivity index is 1.34. The molecule has 3 aliphatic carbocycles. The van der Waals surface area contributed by atoms with E-state index < -0.39 is 0 Å². The zero-order chi connectivity index (χ0) is 19.1. The molecule has 5 rings (SSSR count). The average Bonchev–Trinajstić information content (AvgIpc) is 3.40. The number of ketones is 1. The zero-order valence-corrected chi connectivity index (χ0v) is 17.6. The van der Waals surface area contributed by atoms with Gasteiger partial charge in [-0.3, -0.25) is 0 Å². The van der Waals surface area contributed by atoms with Gasteiger partial charge in [0.05, 0.1) is 5.39 Å². The number of Topliss-reactive ketones (excluding diaryl/α,β-unsaturated/α-hetero) is 1. The van der Waals surface area contributed by atoms with Gasteiger partial charge in [-0.1, -0.05) is 25.7 Å². The lowest BCUT2D eigenvalue weighted by molar-refractivity contribution is -0.117. The molecule has 2 fully saturated rings. The third-order valence-corrected chi connectivity index (χ3v) is 8.47. The van der Waals surface area contributed by atoms with Crippen LogP contribution in [0, 0.1) is 11.8 Å². The molecular weight excluding hydrogens is 368 g/mol. The number of aromatic nitrogens is 2. The number of hydrogen-bond donors (Lipinski definition) is 0. The van der Waals surface area contributed by atoms with E-state index in [1.807, 2.05) is 0 Å². The number of ether oxygens (including phenoxy) is 1. The maximum Gasteiger partial charge on any atom is 0.225 e. The summed E-state index contributed by atoms with van der Waals surface area (Å²) in [5, 5.41) is 1.10. The molecule has 4 nitrogen and oxygen atoms in total. The molecule has 2 saturated carbocycles. The van der Waals surface area contributed by atoms with E-state index in [1.165, 1.54) is 49.0 Å². The number of nitrogens with zero attached hydrogens (tertiary/aromatic N) is 2. The van der Waals surface area contributed by atoms with Crippen LogP contribution < -0.4 is 4.74 Å². The topological polar surface area (TPSA) is 52.1 Å². The highest BCUT2D eigenvalue weighted by Crippen LogP contribution is 2.48. The second kappa shape index (κ2) is 7.74. The van der Waals surface area contributed by atoms with E-state index in [-0.39, 0.29) is 11.9 Å². The van der Waals surface area contributed by atoms with Crippen LogP contribution in [0.5, 0.6) is 5.88 Å². The summed E-state index contributed by atoms with van der Waals surface area (Å²) in [6.45, 7) is 1.70. The van der Waals surface area contributed by atoms with Crippen molar-refractivity contribution in [1.82, 2.24) is 9.97 Å². The van der Waals surface area contributed by atoms with Crippen LogP contribution in [0.3, 0.4) is 0 Å².